The van der Waals surface area contributed by atoms with Crippen molar-refractivity contribution < 1.29 is 14.5 Å². The molecule has 2 rings (SSSR count). The maximum atomic E-state index is 12.1. The van der Waals surface area contributed by atoms with E-state index >= 15 is 0 Å². The van der Waals surface area contributed by atoms with Crippen LogP contribution in [0.3, 0.4) is 0 Å². The lowest BCUT2D eigenvalue weighted by Crippen LogP contribution is -2.36. The Bertz CT molecular complexity index is 760. The van der Waals surface area contributed by atoms with E-state index in [1.165, 1.54) is 23.8 Å². The van der Waals surface area contributed by atoms with Crippen LogP contribution >= 0.6 is 0 Å². The molecule has 0 aliphatic heterocycles. The molecule has 0 spiro atoms. The topological polar surface area (TPSA) is 84.7 Å². The Morgan fingerprint density at radius 3 is 2.54 bits per heavy atom. The molecule has 0 fully saturated rings. The molecule has 1 atom stereocenters. The third-order valence-corrected chi connectivity index (χ3v) is 3.98. The standard InChI is InChI=1S/C19H23N3O4/c1-14-7-9-15(10-8-14)18(21(2)3)12-20-19(23)13-26-17-6-4-5-16(11-17)22(24)25/h4-11,18H,12-13H2,1-3H3,(H,20,23). The maximum Gasteiger partial charge on any atom is 0.273 e. The van der Waals surface area contributed by atoms with Gasteiger partial charge < -0.3 is 15.0 Å². The molecule has 0 aliphatic rings. The van der Waals surface area contributed by atoms with E-state index < -0.39 is 4.92 Å². The monoisotopic (exact) mass is 357 g/mol. The van der Waals surface area contributed by atoms with Crippen molar-refractivity contribution in [3.8, 4) is 5.75 Å². The number of hydrogen-bond donors (Lipinski definition) is 1. The summed E-state index contributed by atoms with van der Waals surface area (Å²) in [5.74, 6) is 0.00696. The first-order valence-corrected chi connectivity index (χ1v) is 8.24. The van der Waals surface area contributed by atoms with Crippen molar-refractivity contribution in [2.45, 2.75) is 13.0 Å². The molecule has 138 valence electrons. The average Bonchev–Trinajstić information content (AvgIpc) is 2.61. The van der Waals surface area contributed by atoms with Crippen LogP contribution in [0, 0.1) is 17.0 Å². The van der Waals surface area contributed by atoms with Crippen molar-refractivity contribution in [2.75, 3.05) is 27.2 Å². The van der Waals surface area contributed by atoms with Crippen molar-refractivity contribution in [3.05, 3.63) is 69.8 Å². The number of non-ortho nitro benzene ring substituents is 1. The summed E-state index contributed by atoms with van der Waals surface area (Å²) < 4.78 is 5.34. The van der Waals surface area contributed by atoms with Gasteiger partial charge in [-0.3, -0.25) is 14.9 Å². The highest BCUT2D eigenvalue weighted by atomic mass is 16.6. The number of amides is 1. The summed E-state index contributed by atoms with van der Waals surface area (Å²) in [5.41, 5.74) is 2.22. The second kappa shape index (κ2) is 8.96. The smallest absolute Gasteiger partial charge is 0.273 e. The normalized spacial score (nSPS) is 11.8. The van der Waals surface area contributed by atoms with Gasteiger partial charge >= 0.3 is 0 Å². The van der Waals surface area contributed by atoms with Crippen LogP contribution < -0.4 is 10.1 Å². The first-order chi connectivity index (χ1) is 12.4. The Kier molecular flexibility index (Phi) is 6.68. The third kappa shape index (κ3) is 5.56. The maximum absolute atomic E-state index is 12.1. The van der Waals surface area contributed by atoms with Crippen LogP contribution in [0.25, 0.3) is 0 Å². The van der Waals surface area contributed by atoms with E-state index in [9.17, 15) is 14.9 Å². The van der Waals surface area contributed by atoms with Crippen LogP contribution in [0.1, 0.15) is 17.2 Å². The average molecular weight is 357 g/mol. The number of nitrogens with one attached hydrogen (secondary N) is 1. The van der Waals surface area contributed by atoms with Gasteiger partial charge in [0.05, 0.1) is 17.0 Å². The number of ether oxygens (including phenoxy) is 1. The molecule has 0 bridgehead atoms. The molecule has 1 N–H and O–H groups in total. The van der Waals surface area contributed by atoms with Gasteiger partial charge in [-0.1, -0.05) is 35.9 Å². The number of nitrogens with zero attached hydrogens (tertiary/aromatic N) is 2. The number of nitro groups is 1. The zero-order valence-corrected chi connectivity index (χ0v) is 15.1. The minimum Gasteiger partial charge on any atom is -0.484 e. The quantitative estimate of drug-likeness (QED) is 0.580. The number of likely N-dealkylation sites (N-methyl/N-ethyl adjacent to an activating group) is 1. The Balaban J connectivity index is 1.89. The van der Waals surface area contributed by atoms with Gasteiger partial charge in [0.15, 0.2) is 6.61 Å². The molecule has 0 aromatic heterocycles. The SMILES string of the molecule is Cc1ccc(C(CNC(=O)COc2cccc([N+](=O)[O-])c2)N(C)C)cc1. The lowest BCUT2D eigenvalue weighted by atomic mass is 10.0. The Hall–Kier alpha value is -2.93. The summed E-state index contributed by atoms with van der Waals surface area (Å²) in [6.07, 6.45) is 0. The van der Waals surface area contributed by atoms with E-state index in [1.54, 1.807) is 6.07 Å². The van der Waals surface area contributed by atoms with Crippen LogP contribution in [0.4, 0.5) is 5.69 Å². The summed E-state index contributed by atoms with van der Waals surface area (Å²) in [6.45, 7) is 2.27. The molecule has 7 heteroatoms. The van der Waals surface area contributed by atoms with Gasteiger partial charge in [-0.25, -0.2) is 0 Å². The van der Waals surface area contributed by atoms with Crippen LogP contribution in [0.15, 0.2) is 48.5 Å². The largest absolute Gasteiger partial charge is 0.484 e. The number of rotatable bonds is 8. The number of benzene rings is 2. The molecule has 1 unspecified atom stereocenters. The van der Waals surface area contributed by atoms with Crippen molar-refractivity contribution in [1.82, 2.24) is 10.2 Å². The Morgan fingerprint density at radius 1 is 1.23 bits per heavy atom. The van der Waals surface area contributed by atoms with Gasteiger partial charge in [-0.2, -0.15) is 0 Å². The second-order valence-electron chi connectivity index (χ2n) is 6.24. The van der Waals surface area contributed by atoms with Gasteiger partial charge in [0, 0.05) is 12.6 Å². The minimum atomic E-state index is -0.504. The van der Waals surface area contributed by atoms with E-state index in [4.69, 9.17) is 4.74 Å². The number of carbonyl (C=O) groups excluding carboxylic acids is 1. The first-order valence-electron chi connectivity index (χ1n) is 8.24. The van der Waals surface area contributed by atoms with Crippen LogP contribution in [-0.4, -0.2) is 43.0 Å². The first kappa shape index (κ1) is 19.4. The molecule has 1 amide bonds. The Morgan fingerprint density at radius 2 is 1.92 bits per heavy atom. The summed E-state index contributed by atoms with van der Waals surface area (Å²) >= 11 is 0. The van der Waals surface area contributed by atoms with E-state index in [0.29, 0.717) is 6.54 Å². The fourth-order valence-electron chi connectivity index (χ4n) is 2.48. The lowest BCUT2D eigenvalue weighted by Gasteiger charge is -2.25. The molecule has 2 aromatic carbocycles. The molecule has 7 nitrogen and oxygen atoms in total. The van der Waals surface area contributed by atoms with Crippen molar-refractivity contribution >= 4 is 11.6 Å². The molecule has 0 heterocycles. The van der Waals surface area contributed by atoms with Crippen LogP contribution in [0.5, 0.6) is 5.75 Å². The zero-order chi connectivity index (χ0) is 19.1. The summed E-state index contributed by atoms with van der Waals surface area (Å²) in [6, 6.07) is 14.0. The van der Waals surface area contributed by atoms with Crippen molar-refractivity contribution in [1.29, 1.82) is 0 Å². The zero-order valence-electron chi connectivity index (χ0n) is 15.1. The van der Waals surface area contributed by atoms with Gasteiger partial charge in [0.1, 0.15) is 5.75 Å². The highest BCUT2D eigenvalue weighted by molar-refractivity contribution is 5.77. The Labute approximate surface area is 152 Å². The third-order valence-electron chi connectivity index (χ3n) is 3.98. The summed E-state index contributed by atoms with van der Waals surface area (Å²) in [4.78, 5) is 24.3. The van der Waals surface area contributed by atoms with Crippen molar-refractivity contribution in [3.63, 3.8) is 0 Å². The summed E-state index contributed by atoms with van der Waals surface area (Å²) in [5, 5.41) is 13.6. The van der Waals surface area contributed by atoms with Gasteiger partial charge in [-0.15, -0.1) is 0 Å². The van der Waals surface area contributed by atoms with E-state index in [2.05, 4.69) is 5.32 Å². The number of nitro benzene ring substituents is 1. The molecule has 0 saturated heterocycles. The molecule has 0 radical (unpaired) electrons. The highest BCUT2D eigenvalue weighted by Crippen LogP contribution is 2.19. The van der Waals surface area contributed by atoms with Gasteiger partial charge in [-0.05, 0) is 32.6 Å². The lowest BCUT2D eigenvalue weighted by molar-refractivity contribution is -0.384. The van der Waals surface area contributed by atoms with E-state index in [0.717, 1.165) is 5.56 Å². The molecular formula is C19H23N3O4. The molecule has 0 aliphatic carbocycles. The minimum absolute atomic E-state index is 0.0392. The fourth-order valence-corrected chi connectivity index (χ4v) is 2.48. The van der Waals surface area contributed by atoms with E-state index in [1.807, 2.05) is 50.2 Å². The predicted molar refractivity (Wildman–Crippen MR) is 99.2 cm³/mol. The van der Waals surface area contributed by atoms with Crippen molar-refractivity contribution in [2.24, 2.45) is 0 Å². The molecule has 0 saturated carbocycles. The highest BCUT2D eigenvalue weighted by Gasteiger charge is 2.15. The van der Waals surface area contributed by atoms with Crippen LogP contribution in [-0.2, 0) is 4.79 Å². The van der Waals surface area contributed by atoms with Crippen LogP contribution in [0.2, 0.25) is 0 Å². The fraction of sp³-hybridized carbons (Fsp3) is 0.316. The second-order valence-corrected chi connectivity index (χ2v) is 6.24. The molecular weight excluding hydrogens is 334 g/mol. The van der Waals surface area contributed by atoms with Gasteiger partial charge in [0.2, 0.25) is 0 Å². The van der Waals surface area contributed by atoms with E-state index in [-0.39, 0.29) is 30.0 Å². The number of hydrogen-bond acceptors (Lipinski definition) is 5. The van der Waals surface area contributed by atoms with Gasteiger partial charge in [0.25, 0.3) is 11.6 Å². The number of carbonyl (C=O) groups is 1. The molecule has 2 aromatic rings. The number of aryl methyl sites for hydroxylation is 1. The predicted octanol–water partition coefficient (Wildman–Crippen LogP) is 2.70. The summed E-state index contributed by atoms with van der Waals surface area (Å²) in [7, 11) is 3.91. The molecule has 26 heavy (non-hydrogen) atoms.